The summed E-state index contributed by atoms with van der Waals surface area (Å²) in [6.07, 6.45) is 0. The molecule has 75 heavy (non-hydrogen) atoms. The third kappa shape index (κ3) is 6.17. The Bertz CT molecular complexity index is 4920. The van der Waals surface area contributed by atoms with Crippen LogP contribution in [0, 0.1) is 0 Å². The van der Waals surface area contributed by atoms with E-state index in [1.165, 1.54) is 61.9 Å². The molecule has 350 valence electrons. The van der Waals surface area contributed by atoms with Crippen LogP contribution >= 0.6 is 22.7 Å². The number of hydrogen-bond donors (Lipinski definition) is 0. The smallest absolute Gasteiger partial charge is 0.159 e. The molecular formula is C68H38N2O3S2. The summed E-state index contributed by atoms with van der Waals surface area (Å²) >= 11 is 3.66. The molecule has 0 aliphatic rings. The Morgan fingerprint density at radius 1 is 0.240 bits per heavy atom. The number of furan rings is 3. The topological polar surface area (TPSA) is 45.9 Å². The fourth-order valence-corrected chi connectivity index (χ4v) is 14.2. The Kier molecular flexibility index (Phi) is 8.53. The molecule has 0 saturated carbocycles. The second-order valence-electron chi connectivity index (χ2n) is 19.6. The zero-order valence-corrected chi connectivity index (χ0v) is 41.5. The number of anilines is 6. The Morgan fingerprint density at radius 3 is 1.13 bits per heavy atom. The zero-order valence-electron chi connectivity index (χ0n) is 39.9. The van der Waals surface area contributed by atoms with E-state index < -0.39 is 0 Å². The van der Waals surface area contributed by atoms with Crippen molar-refractivity contribution in [2.24, 2.45) is 0 Å². The minimum absolute atomic E-state index is 0.864. The Labute approximate surface area is 435 Å². The van der Waals surface area contributed by atoms with Gasteiger partial charge in [0.15, 0.2) is 11.2 Å². The quantitative estimate of drug-likeness (QED) is 0.166. The predicted octanol–water partition coefficient (Wildman–Crippen LogP) is 21.4. The fourth-order valence-electron chi connectivity index (χ4n) is 11.9. The monoisotopic (exact) mass is 994 g/mol. The number of para-hydroxylation sites is 4. The maximum absolute atomic E-state index is 6.83. The van der Waals surface area contributed by atoms with Crippen molar-refractivity contribution in [3.8, 4) is 0 Å². The number of rotatable bonds is 6. The number of benzene rings is 12. The van der Waals surface area contributed by atoms with Crippen molar-refractivity contribution in [3.63, 3.8) is 0 Å². The average molecular weight is 995 g/mol. The lowest BCUT2D eigenvalue weighted by atomic mass is 10.1. The average Bonchev–Trinajstić information content (AvgIpc) is 4.29. The molecule has 17 aromatic rings. The van der Waals surface area contributed by atoms with Crippen molar-refractivity contribution in [3.05, 3.63) is 231 Å². The van der Waals surface area contributed by atoms with E-state index in [-0.39, 0.29) is 0 Å². The molecule has 7 heteroatoms. The van der Waals surface area contributed by atoms with Gasteiger partial charge in [-0.15, -0.1) is 22.7 Å². The van der Waals surface area contributed by atoms with Crippen LogP contribution in [0.5, 0.6) is 0 Å². The SMILES string of the molecule is c1ccc2cc(N(c3ccc4c(c3)sc3cc5c(cc34)oc3cc4c(cc35)sc3cc(N(c5ccc6ccccc6c5)c5cccc6c5oc5ccccc56)ccc34)c3cccc4c3oc3ccccc34)ccc2c1. The molecule has 0 aliphatic carbocycles. The van der Waals surface area contributed by atoms with Crippen molar-refractivity contribution < 1.29 is 13.3 Å². The van der Waals surface area contributed by atoms with E-state index >= 15 is 0 Å². The summed E-state index contributed by atoms with van der Waals surface area (Å²) in [6.45, 7) is 0. The van der Waals surface area contributed by atoms with Crippen molar-refractivity contribution in [2.45, 2.75) is 0 Å². The normalized spacial score (nSPS) is 12.3. The summed E-state index contributed by atoms with van der Waals surface area (Å²) in [5.41, 5.74) is 11.5. The van der Waals surface area contributed by atoms with Gasteiger partial charge in [0.25, 0.3) is 0 Å². The second-order valence-corrected chi connectivity index (χ2v) is 21.8. The molecular weight excluding hydrogens is 957 g/mol. The highest BCUT2D eigenvalue weighted by molar-refractivity contribution is 7.26. The van der Waals surface area contributed by atoms with Gasteiger partial charge < -0.3 is 23.1 Å². The summed E-state index contributed by atoms with van der Waals surface area (Å²) in [7, 11) is 0. The maximum Gasteiger partial charge on any atom is 0.159 e. The van der Waals surface area contributed by atoms with Crippen LogP contribution in [-0.2, 0) is 0 Å². The maximum atomic E-state index is 6.83. The van der Waals surface area contributed by atoms with Crippen LogP contribution in [0.2, 0.25) is 0 Å². The molecule has 0 radical (unpaired) electrons. The van der Waals surface area contributed by atoms with Crippen LogP contribution in [0.25, 0.3) is 128 Å². The van der Waals surface area contributed by atoms with Gasteiger partial charge in [-0.1, -0.05) is 133 Å². The van der Waals surface area contributed by atoms with Crippen molar-refractivity contribution in [1.29, 1.82) is 0 Å². The van der Waals surface area contributed by atoms with Crippen LogP contribution in [0.3, 0.4) is 0 Å². The summed E-state index contributed by atoms with van der Waals surface area (Å²) in [4.78, 5) is 4.70. The largest absolute Gasteiger partial charge is 0.456 e. The summed E-state index contributed by atoms with van der Waals surface area (Å²) in [5, 5.41) is 16.2. The van der Waals surface area contributed by atoms with Gasteiger partial charge in [-0.05, 0) is 119 Å². The lowest BCUT2D eigenvalue weighted by Gasteiger charge is -2.26. The molecule has 0 bridgehead atoms. The lowest BCUT2D eigenvalue weighted by Crippen LogP contribution is -2.10. The van der Waals surface area contributed by atoms with E-state index in [4.69, 9.17) is 13.3 Å². The first kappa shape index (κ1) is 41.1. The van der Waals surface area contributed by atoms with Crippen LogP contribution < -0.4 is 9.80 Å². The molecule has 0 atom stereocenters. The van der Waals surface area contributed by atoms with E-state index in [0.29, 0.717) is 0 Å². The van der Waals surface area contributed by atoms with Gasteiger partial charge in [-0.3, -0.25) is 0 Å². The molecule has 12 aromatic carbocycles. The minimum atomic E-state index is 0.864. The Morgan fingerprint density at radius 2 is 0.640 bits per heavy atom. The van der Waals surface area contributed by atoms with Gasteiger partial charge in [0.05, 0.1) is 11.4 Å². The molecule has 0 saturated heterocycles. The van der Waals surface area contributed by atoms with Gasteiger partial charge in [-0.25, -0.2) is 0 Å². The van der Waals surface area contributed by atoms with Crippen molar-refractivity contribution >= 4 is 185 Å². The first-order valence-electron chi connectivity index (χ1n) is 25.2. The van der Waals surface area contributed by atoms with Gasteiger partial charge in [0.2, 0.25) is 0 Å². The predicted molar refractivity (Wildman–Crippen MR) is 318 cm³/mol. The number of thiophene rings is 2. The van der Waals surface area contributed by atoms with Gasteiger partial charge in [-0.2, -0.15) is 0 Å². The second kappa shape index (κ2) is 15.6. The zero-order chi connectivity index (χ0) is 48.9. The van der Waals surface area contributed by atoms with E-state index in [2.05, 4.69) is 228 Å². The molecule has 0 aliphatic heterocycles. The van der Waals surface area contributed by atoms with Crippen LogP contribution in [0.4, 0.5) is 34.1 Å². The van der Waals surface area contributed by atoms with Crippen molar-refractivity contribution in [2.75, 3.05) is 9.80 Å². The first-order valence-corrected chi connectivity index (χ1v) is 26.8. The van der Waals surface area contributed by atoms with Crippen LogP contribution in [-0.4, -0.2) is 0 Å². The van der Waals surface area contributed by atoms with Gasteiger partial charge in [0, 0.05) is 95.4 Å². The third-order valence-corrected chi connectivity index (χ3v) is 17.6. The summed E-state index contributed by atoms with van der Waals surface area (Å²) < 4.78 is 25.0. The highest BCUT2D eigenvalue weighted by atomic mass is 32.1. The molecule has 0 amide bonds. The molecule has 0 spiro atoms. The third-order valence-electron chi connectivity index (χ3n) is 15.4. The van der Waals surface area contributed by atoms with Crippen LogP contribution in [0.15, 0.2) is 244 Å². The van der Waals surface area contributed by atoms with Crippen LogP contribution in [0.1, 0.15) is 0 Å². The Hall–Kier alpha value is -9.40. The standard InChI is InChI=1S/C68H38N2O3S2/c1-3-13-41-31-43(25-23-39(41)11-1)69(57-19-9-17-51-47-15-5-7-21-59(47)72-67(51)57)45-27-29-49-55-35-61-53(37-65(55)74-63(49)33-45)54-38-66-56(36-62(54)71-61)50-30-28-46(34-64(50)75-66)70(44-26-24-40-12-2-4-14-42(40)32-44)58-20-10-18-52-48-16-6-8-22-60(48)73-68(52)58/h1-38H. The summed E-state index contributed by atoms with van der Waals surface area (Å²) in [6, 6.07) is 83.0. The molecule has 0 fully saturated rings. The molecule has 5 heterocycles. The number of fused-ring (bicyclic) bond motifs is 17. The van der Waals surface area contributed by atoms with E-state index in [1.54, 1.807) is 0 Å². The number of hydrogen-bond acceptors (Lipinski definition) is 7. The highest BCUT2D eigenvalue weighted by Gasteiger charge is 2.24. The van der Waals surface area contributed by atoms with Gasteiger partial charge in [0.1, 0.15) is 22.3 Å². The Balaban J connectivity index is 0.792. The van der Waals surface area contributed by atoms with E-state index in [9.17, 15) is 0 Å². The van der Waals surface area contributed by atoms with E-state index in [0.717, 1.165) is 99.9 Å². The molecule has 5 aromatic heterocycles. The van der Waals surface area contributed by atoms with Gasteiger partial charge >= 0.3 is 0 Å². The molecule has 17 rings (SSSR count). The molecule has 5 nitrogen and oxygen atoms in total. The first-order chi connectivity index (χ1) is 37.1. The highest BCUT2D eigenvalue weighted by Crippen LogP contribution is 2.49. The van der Waals surface area contributed by atoms with Crippen molar-refractivity contribution in [1.82, 2.24) is 0 Å². The fraction of sp³-hybridized carbons (Fsp3) is 0. The molecule has 0 unspecified atom stereocenters. The molecule has 0 N–H and O–H groups in total. The minimum Gasteiger partial charge on any atom is -0.456 e. The van der Waals surface area contributed by atoms with E-state index in [1.807, 2.05) is 34.8 Å². The summed E-state index contributed by atoms with van der Waals surface area (Å²) in [5.74, 6) is 0. The lowest BCUT2D eigenvalue weighted by molar-refractivity contribution is 0.668. The number of nitrogens with zero attached hydrogens (tertiary/aromatic N) is 2.